The number of aliphatic hydroxyl groups is 1. The number of benzene rings is 2. The Balaban J connectivity index is 2.09. The lowest BCUT2D eigenvalue weighted by Crippen LogP contribution is -1.89. The standard InChI is InChI=1S/C20H19FOS/c1-13-17(9-10-22)20-12-15(21)5-8-18(20)19(13)11-14-3-6-16(23-2)7-4-14/h3-8,11-12,22H,9-10H2,1-2H3/b19-11+. The smallest absolute Gasteiger partial charge is 0.123 e. The molecule has 3 rings (SSSR count). The third kappa shape index (κ3) is 3.12. The molecule has 2 aromatic carbocycles. The van der Waals surface area contributed by atoms with Crippen LogP contribution in [0.3, 0.4) is 0 Å². The predicted molar refractivity (Wildman–Crippen MR) is 96.8 cm³/mol. The molecule has 0 aliphatic heterocycles. The molecule has 0 amide bonds. The van der Waals surface area contributed by atoms with Crippen LogP contribution in [0.15, 0.2) is 52.9 Å². The first-order chi connectivity index (χ1) is 11.1. The molecule has 1 aliphatic carbocycles. The molecule has 0 unspecified atom stereocenters. The molecule has 0 saturated heterocycles. The Morgan fingerprint density at radius 1 is 1.09 bits per heavy atom. The van der Waals surface area contributed by atoms with Gasteiger partial charge in [-0.1, -0.05) is 18.2 Å². The summed E-state index contributed by atoms with van der Waals surface area (Å²) in [6.45, 7) is 2.11. The van der Waals surface area contributed by atoms with Gasteiger partial charge in [0.15, 0.2) is 0 Å². The van der Waals surface area contributed by atoms with Crippen molar-refractivity contribution in [3.63, 3.8) is 0 Å². The number of fused-ring (bicyclic) bond motifs is 1. The Morgan fingerprint density at radius 2 is 1.83 bits per heavy atom. The largest absolute Gasteiger partial charge is 0.396 e. The topological polar surface area (TPSA) is 20.2 Å². The summed E-state index contributed by atoms with van der Waals surface area (Å²) in [5.74, 6) is -0.238. The van der Waals surface area contributed by atoms with Crippen molar-refractivity contribution in [1.82, 2.24) is 0 Å². The monoisotopic (exact) mass is 326 g/mol. The van der Waals surface area contributed by atoms with Crippen LogP contribution in [0.5, 0.6) is 0 Å². The summed E-state index contributed by atoms with van der Waals surface area (Å²) in [4.78, 5) is 1.23. The van der Waals surface area contributed by atoms with Gasteiger partial charge in [-0.3, -0.25) is 0 Å². The van der Waals surface area contributed by atoms with Crippen LogP contribution in [0, 0.1) is 5.82 Å². The molecule has 0 saturated carbocycles. The first kappa shape index (κ1) is 16.0. The summed E-state index contributed by atoms with van der Waals surface area (Å²) in [7, 11) is 0. The van der Waals surface area contributed by atoms with E-state index in [9.17, 15) is 9.50 Å². The summed E-state index contributed by atoms with van der Waals surface area (Å²) < 4.78 is 13.6. The minimum absolute atomic E-state index is 0.0678. The van der Waals surface area contributed by atoms with E-state index in [0.29, 0.717) is 6.42 Å². The molecule has 3 heteroatoms. The maximum absolute atomic E-state index is 13.6. The van der Waals surface area contributed by atoms with Gasteiger partial charge in [-0.15, -0.1) is 11.8 Å². The van der Waals surface area contributed by atoms with Crippen molar-refractivity contribution >= 4 is 29.0 Å². The lowest BCUT2D eigenvalue weighted by Gasteiger charge is -2.05. The fourth-order valence-corrected chi connectivity index (χ4v) is 3.46. The van der Waals surface area contributed by atoms with Gasteiger partial charge in [-0.2, -0.15) is 0 Å². The van der Waals surface area contributed by atoms with Crippen LogP contribution < -0.4 is 0 Å². The van der Waals surface area contributed by atoms with Gasteiger partial charge in [0.2, 0.25) is 0 Å². The number of halogens is 1. The van der Waals surface area contributed by atoms with Crippen LogP contribution in [0.1, 0.15) is 30.0 Å². The predicted octanol–water partition coefficient (Wildman–Crippen LogP) is 5.26. The highest BCUT2D eigenvalue weighted by molar-refractivity contribution is 7.98. The second-order valence-corrected chi connectivity index (χ2v) is 6.48. The Bertz CT molecular complexity index is 788. The molecular weight excluding hydrogens is 307 g/mol. The van der Waals surface area contributed by atoms with Crippen molar-refractivity contribution in [3.8, 4) is 0 Å². The van der Waals surface area contributed by atoms with E-state index in [1.54, 1.807) is 17.8 Å². The zero-order valence-electron chi connectivity index (χ0n) is 13.3. The zero-order valence-corrected chi connectivity index (χ0v) is 14.1. The number of allylic oxidation sites excluding steroid dienone is 2. The summed E-state index contributed by atoms with van der Waals surface area (Å²) in [5, 5.41) is 9.32. The minimum atomic E-state index is -0.238. The highest BCUT2D eigenvalue weighted by atomic mass is 32.2. The van der Waals surface area contributed by atoms with Gasteiger partial charge in [-0.25, -0.2) is 4.39 Å². The molecule has 0 atom stereocenters. The summed E-state index contributed by atoms with van der Waals surface area (Å²) in [6, 6.07) is 13.3. The second-order valence-electron chi connectivity index (χ2n) is 5.60. The molecule has 118 valence electrons. The van der Waals surface area contributed by atoms with E-state index in [1.165, 1.54) is 11.0 Å². The van der Waals surface area contributed by atoms with Crippen molar-refractivity contribution in [1.29, 1.82) is 0 Å². The molecule has 0 aromatic heterocycles. The van der Waals surface area contributed by atoms with Crippen LogP contribution in [0.2, 0.25) is 0 Å². The molecule has 23 heavy (non-hydrogen) atoms. The van der Waals surface area contributed by atoms with E-state index in [2.05, 4.69) is 36.6 Å². The van der Waals surface area contributed by atoms with Gasteiger partial charge in [0.05, 0.1) is 0 Å². The van der Waals surface area contributed by atoms with Crippen molar-refractivity contribution in [2.45, 2.75) is 18.2 Å². The minimum Gasteiger partial charge on any atom is -0.396 e. The van der Waals surface area contributed by atoms with E-state index < -0.39 is 0 Å². The van der Waals surface area contributed by atoms with Crippen molar-refractivity contribution in [2.24, 2.45) is 0 Å². The number of aliphatic hydroxyl groups excluding tert-OH is 1. The molecule has 0 radical (unpaired) electrons. The normalized spacial score (nSPS) is 15.4. The van der Waals surface area contributed by atoms with Crippen LogP contribution in [0.4, 0.5) is 4.39 Å². The number of rotatable bonds is 4. The molecule has 2 aromatic rings. The molecular formula is C20H19FOS. The van der Waals surface area contributed by atoms with E-state index in [4.69, 9.17) is 0 Å². The fraction of sp³-hybridized carbons (Fsp3) is 0.200. The maximum atomic E-state index is 13.6. The third-order valence-corrected chi connectivity index (χ3v) is 4.99. The van der Waals surface area contributed by atoms with Gasteiger partial charge in [0.25, 0.3) is 0 Å². The molecule has 1 N–H and O–H groups in total. The zero-order chi connectivity index (χ0) is 16.4. The van der Waals surface area contributed by atoms with Crippen LogP contribution in [-0.4, -0.2) is 18.0 Å². The van der Waals surface area contributed by atoms with Gasteiger partial charge in [0.1, 0.15) is 5.82 Å². The Kier molecular flexibility index (Phi) is 4.69. The lowest BCUT2D eigenvalue weighted by atomic mass is 10.0. The van der Waals surface area contributed by atoms with Gasteiger partial charge >= 0.3 is 0 Å². The van der Waals surface area contributed by atoms with Crippen molar-refractivity contribution in [2.75, 3.05) is 12.9 Å². The average molecular weight is 326 g/mol. The summed E-state index contributed by atoms with van der Waals surface area (Å²) in [5.41, 5.74) is 6.34. The molecule has 0 heterocycles. The number of hydrogen-bond acceptors (Lipinski definition) is 2. The lowest BCUT2D eigenvalue weighted by molar-refractivity contribution is 0.305. The number of hydrogen-bond donors (Lipinski definition) is 1. The first-order valence-corrected chi connectivity index (χ1v) is 8.83. The van der Waals surface area contributed by atoms with Crippen molar-refractivity contribution < 1.29 is 9.50 Å². The van der Waals surface area contributed by atoms with Crippen molar-refractivity contribution in [3.05, 3.63) is 70.5 Å². The molecule has 0 fully saturated rings. The highest BCUT2D eigenvalue weighted by Crippen LogP contribution is 2.43. The fourth-order valence-electron chi connectivity index (χ4n) is 3.05. The van der Waals surface area contributed by atoms with E-state index >= 15 is 0 Å². The van der Waals surface area contributed by atoms with Gasteiger partial charge in [0, 0.05) is 11.5 Å². The third-order valence-electron chi connectivity index (χ3n) is 4.24. The van der Waals surface area contributed by atoms with Crippen LogP contribution in [-0.2, 0) is 0 Å². The summed E-state index contributed by atoms with van der Waals surface area (Å²) >= 11 is 1.72. The number of thioether (sulfide) groups is 1. The van der Waals surface area contributed by atoms with Gasteiger partial charge < -0.3 is 5.11 Å². The SMILES string of the molecule is CSc1ccc(/C=C2\C(C)=C(CCO)c3cc(F)ccc32)cc1. The van der Waals surface area contributed by atoms with Crippen LogP contribution >= 0.6 is 11.8 Å². The summed E-state index contributed by atoms with van der Waals surface area (Å²) in [6.07, 6.45) is 4.74. The van der Waals surface area contributed by atoms with E-state index in [-0.39, 0.29) is 12.4 Å². The Hall–Kier alpha value is -1.84. The Morgan fingerprint density at radius 3 is 2.48 bits per heavy atom. The molecule has 1 aliphatic rings. The van der Waals surface area contributed by atoms with E-state index in [1.807, 2.05) is 13.0 Å². The molecule has 0 spiro atoms. The highest BCUT2D eigenvalue weighted by Gasteiger charge is 2.23. The maximum Gasteiger partial charge on any atom is 0.123 e. The van der Waals surface area contributed by atoms with Gasteiger partial charge in [-0.05, 0) is 83.4 Å². The van der Waals surface area contributed by atoms with Crippen LogP contribution in [0.25, 0.3) is 17.2 Å². The first-order valence-electron chi connectivity index (χ1n) is 7.61. The molecule has 1 nitrogen and oxygen atoms in total. The van der Waals surface area contributed by atoms with E-state index in [0.717, 1.165) is 33.4 Å². The second kappa shape index (κ2) is 6.73. The Labute approximate surface area is 140 Å². The molecule has 0 bridgehead atoms. The quantitative estimate of drug-likeness (QED) is 0.774. The average Bonchev–Trinajstić information content (AvgIpc) is 2.81.